The second-order valence-corrected chi connectivity index (χ2v) is 7.84. The Bertz CT molecular complexity index is 1110. The van der Waals surface area contributed by atoms with Gasteiger partial charge in [0.25, 0.3) is 0 Å². The zero-order valence-electron chi connectivity index (χ0n) is 17.3. The molecule has 3 aliphatic rings. The number of aromatic nitrogens is 1. The number of nitrogens with zero attached hydrogens (tertiary/aromatic N) is 2. The van der Waals surface area contributed by atoms with E-state index in [1.54, 1.807) is 18.5 Å². The second kappa shape index (κ2) is 7.93. The number of likely N-dealkylation sites (N-methyl/N-ethyl adjacent to an activating group) is 1. The minimum Gasteiger partial charge on any atom is -0.358 e. The van der Waals surface area contributed by atoms with Gasteiger partial charge in [0.05, 0.1) is 22.5 Å². The maximum absolute atomic E-state index is 13.4. The molecule has 0 radical (unpaired) electrons. The Balaban J connectivity index is 1.75. The molecule has 0 spiro atoms. The number of hydrogen-bond acceptors (Lipinski definition) is 6. The molecule has 0 bridgehead atoms. The van der Waals surface area contributed by atoms with Gasteiger partial charge in [-0.1, -0.05) is 0 Å². The summed E-state index contributed by atoms with van der Waals surface area (Å²) in [6.07, 6.45) is 9.17. The lowest BCUT2D eigenvalue weighted by Gasteiger charge is -2.19. The number of allylic oxidation sites excluding steroid dienone is 6. The molecule has 4 rings (SSSR count). The van der Waals surface area contributed by atoms with Crippen LogP contribution >= 0.6 is 0 Å². The largest absolute Gasteiger partial charge is 0.358 e. The van der Waals surface area contributed by atoms with Crippen LogP contribution in [0.1, 0.15) is 32.8 Å². The summed E-state index contributed by atoms with van der Waals surface area (Å²) in [6.45, 7) is 1.48. The Morgan fingerprint density at radius 1 is 1.10 bits per heavy atom. The van der Waals surface area contributed by atoms with Gasteiger partial charge in [-0.3, -0.25) is 19.4 Å². The van der Waals surface area contributed by atoms with Gasteiger partial charge in [-0.15, -0.1) is 0 Å². The maximum Gasteiger partial charge on any atom is 0.203 e. The lowest BCUT2D eigenvalue weighted by Crippen LogP contribution is -2.22. The summed E-state index contributed by atoms with van der Waals surface area (Å²) in [6, 6.07) is 0. The summed E-state index contributed by atoms with van der Waals surface area (Å²) in [5.74, 6) is -0.571. The van der Waals surface area contributed by atoms with Gasteiger partial charge >= 0.3 is 0 Å². The summed E-state index contributed by atoms with van der Waals surface area (Å²) in [7, 11) is 5.78. The van der Waals surface area contributed by atoms with Gasteiger partial charge in [-0.2, -0.15) is 0 Å². The molecule has 1 aromatic rings. The van der Waals surface area contributed by atoms with Gasteiger partial charge in [-0.25, -0.2) is 0 Å². The van der Waals surface area contributed by atoms with Crippen LogP contribution in [0, 0.1) is 0 Å². The number of fused-ring (bicyclic) bond motifs is 2. The van der Waals surface area contributed by atoms with Gasteiger partial charge in [0, 0.05) is 30.1 Å². The zero-order chi connectivity index (χ0) is 21.4. The van der Waals surface area contributed by atoms with Crippen LogP contribution in [0.3, 0.4) is 0 Å². The zero-order valence-corrected chi connectivity index (χ0v) is 17.3. The molecule has 30 heavy (non-hydrogen) atoms. The van der Waals surface area contributed by atoms with Crippen LogP contribution in [0.15, 0.2) is 57.4 Å². The minimum atomic E-state index is -0.239. The van der Waals surface area contributed by atoms with Crippen molar-refractivity contribution in [1.82, 2.24) is 15.2 Å². The van der Waals surface area contributed by atoms with E-state index in [-0.39, 0.29) is 17.3 Å². The molecule has 1 aromatic heterocycles. The van der Waals surface area contributed by atoms with Crippen molar-refractivity contribution < 1.29 is 14.4 Å². The van der Waals surface area contributed by atoms with Crippen LogP contribution in [-0.2, 0) is 11.2 Å². The molecule has 0 saturated carbocycles. The Morgan fingerprint density at radius 2 is 1.90 bits per heavy atom. The van der Waals surface area contributed by atoms with Crippen molar-refractivity contribution in [1.29, 1.82) is 0 Å². The van der Waals surface area contributed by atoms with E-state index in [9.17, 15) is 14.4 Å². The summed E-state index contributed by atoms with van der Waals surface area (Å²) < 4.78 is 0. The van der Waals surface area contributed by atoms with Crippen molar-refractivity contribution in [3.05, 3.63) is 69.2 Å². The number of H-pyrrole nitrogens is 1. The summed E-state index contributed by atoms with van der Waals surface area (Å²) in [4.78, 5) is 48.2. The third-order valence-corrected chi connectivity index (χ3v) is 5.53. The summed E-state index contributed by atoms with van der Waals surface area (Å²) in [5.41, 5.74) is 4.26. The number of Topliss-reactive ketones (excluding diaryl/α,β-unsaturated/α-hetero) is 1. The molecule has 2 heterocycles. The molecule has 0 saturated heterocycles. The summed E-state index contributed by atoms with van der Waals surface area (Å²) in [5, 5.41) is 3.07. The molecule has 0 atom stereocenters. The van der Waals surface area contributed by atoms with Crippen molar-refractivity contribution in [2.45, 2.75) is 12.8 Å². The standard InChI is InChI=1S/C23H24N4O3/c1-24-8-6-13-11-25-21-15(4-5-17(28)19(13)21)16-10-18(29)22-20(23(16)30)14(12-26-22)7-9-27(2)3/h4-5,10-12,24,26H,6-9H2,1-3H3. The van der Waals surface area contributed by atoms with Crippen molar-refractivity contribution in [2.75, 3.05) is 34.2 Å². The molecule has 154 valence electrons. The molecule has 7 heteroatoms. The van der Waals surface area contributed by atoms with Gasteiger partial charge in [0.2, 0.25) is 5.78 Å². The maximum atomic E-state index is 13.4. The van der Waals surface area contributed by atoms with Gasteiger partial charge in [0.15, 0.2) is 11.6 Å². The van der Waals surface area contributed by atoms with Crippen molar-refractivity contribution >= 4 is 23.6 Å². The highest BCUT2D eigenvalue weighted by atomic mass is 16.1. The van der Waals surface area contributed by atoms with E-state index in [1.807, 2.05) is 26.0 Å². The van der Waals surface area contributed by atoms with Crippen molar-refractivity contribution in [3.8, 4) is 0 Å². The average Bonchev–Trinajstić information content (AvgIpc) is 3.33. The number of aliphatic imine (C=N–C) groups is 1. The van der Waals surface area contributed by atoms with Crippen molar-refractivity contribution in [3.63, 3.8) is 0 Å². The number of aromatic amines is 1. The average molecular weight is 404 g/mol. The predicted octanol–water partition coefficient (Wildman–Crippen LogP) is 1.81. The number of carbonyl (C=O) groups excluding carboxylic acids is 3. The highest BCUT2D eigenvalue weighted by Gasteiger charge is 2.35. The monoisotopic (exact) mass is 404 g/mol. The fraction of sp³-hybridized carbons (Fsp3) is 0.304. The predicted molar refractivity (Wildman–Crippen MR) is 115 cm³/mol. The molecule has 0 fully saturated rings. The van der Waals surface area contributed by atoms with E-state index in [1.165, 1.54) is 12.2 Å². The van der Waals surface area contributed by atoms with Crippen LogP contribution < -0.4 is 5.32 Å². The number of ketones is 3. The van der Waals surface area contributed by atoms with E-state index >= 15 is 0 Å². The van der Waals surface area contributed by atoms with E-state index in [0.29, 0.717) is 53.1 Å². The first-order chi connectivity index (χ1) is 14.4. The molecule has 2 N–H and O–H groups in total. The normalized spacial score (nSPS) is 18.0. The SMILES string of the molecule is CNCCC1=C2C(=O)C=CC(C3=CC(=O)c4[nH]cc(CCN(C)C)c4C3=O)=C2N=C1. The van der Waals surface area contributed by atoms with E-state index in [0.717, 1.165) is 17.7 Å². The molecule has 0 aromatic carbocycles. The molecule has 0 unspecified atom stereocenters. The Labute approximate surface area is 174 Å². The third-order valence-electron chi connectivity index (χ3n) is 5.53. The molecular formula is C23H24N4O3. The molecule has 7 nitrogen and oxygen atoms in total. The lowest BCUT2D eigenvalue weighted by atomic mass is 9.83. The highest BCUT2D eigenvalue weighted by molar-refractivity contribution is 6.27. The quantitative estimate of drug-likeness (QED) is 0.723. The van der Waals surface area contributed by atoms with E-state index in [4.69, 9.17) is 0 Å². The Morgan fingerprint density at radius 3 is 2.63 bits per heavy atom. The smallest absolute Gasteiger partial charge is 0.203 e. The number of hydrogen-bond donors (Lipinski definition) is 2. The van der Waals surface area contributed by atoms with Gasteiger partial charge < -0.3 is 15.2 Å². The molecule has 2 aliphatic carbocycles. The fourth-order valence-corrected chi connectivity index (χ4v) is 3.95. The van der Waals surface area contributed by atoms with E-state index in [2.05, 4.69) is 15.3 Å². The van der Waals surface area contributed by atoms with Crippen molar-refractivity contribution in [2.24, 2.45) is 4.99 Å². The van der Waals surface area contributed by atoms with Crippen LogP contribution in [0.4, 0.5) is 0 Å². The minimum absolute atomic E-state index is 0.124. The Hall–Kier alpha value is -3.16. The molecule has 0 amide bonds. The topological polar surface area (TPSA) is 94.6 Å². The van der Waals surface area contributed by atoms with Crippen LogP contribution in [0.25, 0.3) is 0 Å². The molecule has 1 aliphatic heterocycles. The number of nitrogens with one attached hydrogen (secondary N) is 2. The first kappa shape index (κ1) is 20.1. The number of rotatable bonds is 7. The fourth-order valence-electron chi connectivity index (χ4n) is 3.95. The highest BCUT2D eigenvalue weighted by Crippen LogP contribution is 2.37. The van der Waals surface area contributed by atoms with Gasteiger partial charge in [0.1, 0.15) is 0 Å². The van der Waals surface area contributed by atoms with Crippen LogP contribution in [-0.4, -0.2) is 67.7 Å². The third kappa shape index (κ3) is 3.36. The first-order valence-electron chi connectivity index (χ1n) is 9.97. The van der Waals surface area contributed by atoms with Crippen LogP contribution in [0.2, 0.25) is 0 Å². The Kier molecular flexibility index (Phi) is 5.32. The second-order valence-electron chi connectivity index (χ2n) is 7.84. The van der Waals surface area contributed by atoms with E-state index < -0.39 is 0 Å². The molecular weight excluding hydrogens is 380 g/mol. The lowest BCUT2D eigenvalue weighted by molar-refractivity contribution is -0.111. The van der Waals surface area contributed by atoms with Crippen LogP contribution in [0.5, 0.6) is 0 Å². The first-order valence-corrected chi connectivity index (χ1v) is 9.97. The van der Waals surface area contributed by atoms with Gasteiger partial charge in [-0.05, 0) is 69.9 Å². The summed E-state index contributed by atoms with van der Waals surface area (Å²) >= 11 is 0. The number of carbonyl (C=O) groups is 3.